The van der Waals surface area contributed by atoms with Gasteiger partial charge in [-0.25, -0.2) is 0 Å². The molecule has 2 rings (SSSR count). The van der Waals surface area contributed by atoms with Crippen LogP contribution in [-0.4, -0.2) is 40.4 Å². The lowest BCUT2D eigenvalue weighted by Crippen LogP contribution is -2.36. The van der Waals surface area contributed by atoms with Gasteiger partial charge in [-0.3, -0.25) is 4.79 Å². The first-order chi connectivity index (χ1) is 14.1. The molecular weight excluding hydrogens is 364 g/mol. The SMILES string of the molecule is C=[N+](CCCC)/C(C(=O)N(Cc1ccccc1)Cc1ccccc1)=C(/O)OCC. The van der Waals surface area contributed by atoms with E-state index < -0.39 is 0 Å². The summed E-state index contributed by atoms with van der Waals surface area (Å²) in [6, 6.07) is 19.6. The van der Waals surface area contributed by atoms with Crippen LogP contribution in [0.25, 0.3) is 0 Å². The summed E-state index contributed by atoms with van der Waals surface area (Å²) in [5.74, 6) is -0.690. The predicted molar refractivity (Wildman–Crippen MR) is 116 cm³/mol. The van der Waals surface area contributed by atoms with Crippen molar-refractivity contribution < 1.29 is 19.2 Å². The average Bonchev–Trinajstić information content (AvgIpc) is 2.73. The smallest absolute Gasteiger partial charge is 0.358 e. The predicted octanol–water partition coefficient (Wildman–Crippen LogP) is 4.49. The van der Waals surface area contributed by atoms with Crippen molar-refractivity contribution in [1.82, 2.24) is 4.90 Å². The Morgan fingerprint density at radius 3 is 1.97 bits per heavy atom. The monoisotopic (exact) mass is 395 g/mol. The Morgan fingerprint density at radius 1 is 1.00 bits per heavy atom. The van der Waals surface area contributed by atoms with Crippen molar-refractivity contribution in [2.24, 2.45) is 0 Å². The van der Waals surface area contributed by atoms with Crippen LogP contribution in [0.1, 0.15) is 37.8 Å². The second-order valence-electron chi connectivity index (χ2n) is 6.84. The molecule has 0 aliphatic rings. The fourth-order valence-corrected chi connectivity index (χ4v) is 2.98. The maximum atomic E-state index is 13.5. The van der Waals surface area contributed by atoms with Crippen LogP contribution in [0.15, 0.2) is 72.3 Å². The van der Waals surface area contributed by atoms with Gasteiger partial charge in [0.15, 0.2) is 0 Å². The van der Waals surface area contributed by atoms with E-state index in [0.717, 1.165) is 24.0 Å². The number of carbonyl (C=O) groups excluding carboxylic acids is 1. The molecule has 0 aliphatic heterocycles. The largest absolute Gasteiger partial charge is 0.476 e. The number of rotatable bonds is 11. The first-order valence-corrected chi connectivity index (χ1v) is 10.1. The van der Waals surface area contributed by atoms with Crippen molar-refractivity contribution in [3.8, 4) is 0 Å². The highest BCUT2D eigenvalue weighted by atomic mass is 16.6. The average molecular weight is 396 g/mol. The van der Waals surface area contributed by atoms with Crippen molar-refractivity contribution in [2.45, 2.75) is 39.8 Å². The number of benzene rings is 2. The van der Waals surface area contributed by atoms with Crippen LogP contribution in [0.2, 0.25) is 0 Å². The molecule has 0 heterocycles. The number of ether oxygens (including phenoxy) is 1. The molecule has 5 heteroatoms. The van der Waals surface area contributed by atoms with Gasteiger partial charge in [0.25, 0.3) is 0 Å². The fourth-order valence-electron chi connectivity index (χ4n) is 2.98. The normalized spacial score (nSPS) is 11.5. The van der Waals surface area contributed by atoms with E-state index in [1.807, 2.05) is 60.7 Å². The Morgan fingerprint density at radius 2 is 1.52 bits per heavy atom. The molecule has 2 aromatic rings. The summed E-state index contributed by atoms with van der Waals surface area (Å²) in [7, 11) is 0. The molecule has 1 N–H and O–H groups in total. The van der Waals surface area contributed by atoms with Gasteiger partial charge >= 0.3 is 17.5 Å². The fraction of sp³-hybridized carbons (Fsp3) is 0.333. The van der Waals surface area contributed by atoms with E-state index in [2.05, 4.69) is 13.6 Å². The molecule has 0 unspecified atom stereocenters. The van der Waals surface area contributed by atoms with Crippen LogP contribution in [-0.2, 0) is 22.6 Å². The van der Waals surface area contributed by atoms with Gasteiger partial charge in [-0.2, -0.15) is 4.58 Å². The first-order valence-electron chi connectivity index (χ1n) is 10.1. The third-order valence-electron chi connectivity index (χ3n) is 4.50. The maximum Gasteiger partial charge on any atom is 0.358 e. The van der Waals surface area contributed by atoms with Crippen molar-refractivity contribution in [1.29, 1.82) is 0 Å². The van der Waals surface area contributed by atoms with Crippen LogP contribution in [0.5, 0.6) is 0 Å². The molecule has 0 saturated heterocycles. The molecule has 0 saturated carbocycles. The molecule has 0 radical (unpaired) electrons. The van der Waals surface area contributed by atoms with Crippen LogP contribution < -0.4 is 0 Å². The lowest BCUT2D eigenvalue weighted by Gasteiger charge is -2.23. The summed E-state index contributed by atoms with van der Waals surface area (Å²) in [5, 5.41) is 10.5. The molecule has 0 bridgehead atoms. The zero-order valence-corrected chi connectivity index (χ0v) is 17.4. The van der Waals surface area contributed by atoms with E-state index in [0.29, 0.717) is 19.6 Å². The second-order valence-corrected chi connectivity index (χ2v) is 6.84. The molecule has 1 amide bonds. The zero-order valence-electron chi connectivity index (χ0n) is 17.4. The summed E-state index contributed by atoms with van der Waals surface area (Å²) < 4.78 is 6.82. The van der Waals surface area contributed by atoms with Gasteiger partial charge in [0, 0.05) is 19.5 Å². The summed E-state index contributed by atoms with van der Waals surface area (Å²) >= 11 is 0. The summed E-state index contributed by atoms with van der Waals surface area (Å²) in [4.78, 5) is 15.2. The molecule has 0 atom stereocenters. The standard InChI is InChI=1S/C24H30N2O3/c1-4-6-17-25(3)22(24(28)29-5-2)23(27)26(18-20-13-9-7-10-14-20)19-21-15-11-8-12-16-21/h7-16H,3-6,17-19H2,1-2H3/p+1. The lowest BCUT2D eigenvalue weighted by molar-refractivity contribution is -0.468. The lowest BCUT2D eigenvalue weighted by atomic mass is 10.1. The van der Waals surface area contributed by atoms with Gasteiger partial charge in [-0.05, 0) is 18.1 Å². The molecule has 154 valence electrons. The highest BCUT2D eigenvalue weighted by Gasteiger charge is 2.32. The summed E-state index contributed by atoms with van der Waals surface area (Å²) in [6.45, 7) is 9.47. The Balaban J connectivity index is 2.37. The molecule has 0 spiro atoms. The number of aliphatic hydroxyl groups is 1. The van der Waals surface area contributed by atoms with Crippen molar-refractivity contribution >= 4 is 12.6 Å². The van der Waals surface area contributed by atoms with Crippen LogP contribution in [0.4, 0.5) is 0 Å². The third-order valence-corrected chi connectivity index (χ3v) is 4.50. The number of carbonyl (C=O) groups is 1. The van der Waals surface area contributed by atoms with E-state index in [1.165, 1.54) is 0 Å². The van der Waals surface area contributed by atoms with Crippen LogP contribution in [0, 0.1) is 0 Å². The highest BCUT2D eigenvalue weighted by molar-refractivity contribution is 5.91. The van der Waals surface area contributed by atoms with Crippen LogP contribution >= 0.6 is 0 Å². The van der Waals surface area contributed by atoms with Crippen molar-refractivity contribution in [3.05, 3.63) is 83.4 Å². The van der Waals surface area contributed by atoms with Gasteiger partial charge < -0.3 is 14.7 Å². The Hall–Kier alpha value is -3.08. The molecule has 29 heavy (non-hydrogen) atoms. The first kappa shape index (κ1) is 22.2. The summed E-state index contributed by atoms with van der Waals surface area (Å²) in [5.41, 5.74) is 2.11. The minimum atomic E-state index is -0.380. The van der Waals surface area contributed by atoms with Gasteiger partial charge in [0.2, 0.25) is 0 Å². The third kappa shape index (κ3) is 6.79. The molecule has 5 nitrogen and oxygen atoms in total. The van der Waals surface area contributed by atoms with E-state index in [1.54, 1.807) is 16.4 Å². The van der Waals surface area contributed by atoms with Crippen molar-refractivity contribution in [3.63, 3.8) is 0 Å². The number of aliphatic hydroxyl groups excluding tert-OH is 1. The maximum absolute atomic E-state index is 13.5. The Labute approximate surface area is 173 Å². The molecule has 0 fully saturated rings. The Bertz CT molecular complexity index is 775. The molecule has 0 aliphatic carbocycles. The van der Waals surface area contributed by atoms with Gasteiger partial charge in [0.1, 0.15) is 13.3 Å². The molecule has 2 aromatic carbocycles. The second kappa shape index (κ2) is 11.7. The number of nitrogens with zero attached hydrogens (tertiary/aromatic N) is 2. The minimum Gasteiger partial charge on any atom is -0.476 e. The molecule has 0 aromatic heterocycles. The highest BCUT2D eigenvalue weighted by Crippen LogP contribution is 2.17. The number of hydrogen-bond donors (Lipinski definition) is 1. The van der Waals surface area contributed by atoms with Crippen molar-refractivity contribution in [2.75, 3.05) is 13.2 Å². The van der Waals surface area contributed by atoms with E-state index >= 15 is 0 Å². The minimum absolute atomic E-state index is 0.0900. The topological polar surface area (TPSA) is 52.8 Å². The Kier molecular flexibility index (Phi) is 8.96. The number of hydrogen-bond acceptors (Lipinski definition) is 3. The van der Waals surface area contributed by atoms with Gasteiger partial charge in [-0.15, -0.1) is 0 Å². The summed E-state index contributed by atoms with van der Waals surface area (Å²) in [6.07, 6.45) is 1.82. The van der Waals surface area contributed by atoms with E-state index in [9.17, 15) is 9.90 Å². The van der Waals surface area contributed by atoms with E-state index in [4.69, 9.17) is 4.74 Å². The zero-order chi connectivity index (χ0) is 21.1. The van der Waals surface area contributed by atoms with E-state index in [-0.39, 0.29) is 24.2 Å². The van der Waals surface area contributed by atoms with Gasteiger partial charge in [-0.1, -0.05) is 74.0 Å². The van der Waals surface area contributed by atoms with Crippen LogP contribution in [0.3, 0.4) is 0 Å². The molecular formula is C24H31N2O3+. The number of amides is 1. The number of unbranched alkanes of at least 4 members (excludes halogenated alkanes) is 1. The van der Waals surface area contributed by atoms with Gasteiger partial charge in [0.05, 0.1) is 6.61 Å². The quantitative estimate of drug-likeness (QED) is 0.264.